The van der Waals surface area contributed by atoms with Crippen LogP contribution in [-0.2, 0) is 0 Å². The van der Waals surface area contributed by atoms with E-state index in [4.69, 9.17) is 18.6 Å². The van der Waals surface area contributed by atoms with Crippen LogP contribution in [-0.4, -0.2) is 32.3 Å². The van der Waals surface area contributed by atoms with Gasteiger partial charge in [-0.15, -0.1) is 0 Å². The van der Waals surface area contributed by atoms with Gasteiger partial charge in [-0.05, 0) is 12.1 Å². The molecule has 0 fully saturated rings. The summed E-state index contributed by atoms with van der Waals surface area (Å²) in [5.74, 6) is 0.757. The molecule has 1 aliphatic heterocycles. The third-order valence-electron chi connectivity index (χ3n) is 3.30. The molecule has 1 aromatic heterocycles. The van der Waals surface area contributed by atoms with Crippen LogP contribution in [0.1, 0.15) is 10.6 Å². The van der Waals surface area contributed by atoms with E-state index in [9.17, 15) is 9.59 Å². The first kappa shape index (κ1) is 15.0. The van der Waals surface area contributed by atoms with Crippen LogP contribution in [0.3, 0.4) is 0 Å². The van der Waals surface area contributed by atoms with E-state index in [0.717, 1.165) is 12.3 Å². The molecule has 1 N–H and O–H groups in total. The molecule has 120 valence electrons. The Kier molecular flexibility index (Phi) is 4.18. The van der Waals surface area contributed by atoms with Crippen molar-refractivity contribution in [3.05, 3.63) is 52.6 Å². The van der Waals surface area contributed by atoms with Gasteiger partial charge in [0.25, 0.3) is 5.91 Å². The molecule has 1 unspecified atom stereocenters. The van der Waals surface area contributed by atoms with Gasteiger partial charge in [0.15, 0.2) is 17.3 Å². The van der Waals surface area contributed by atoms with Crippen LogP contribution in [0.5, 0.6) is 17.2 Å². The van der Waals surface area contributed by atoms with Crippen LogP contribution >= 0.6 is 0 Å². The van der Waals surface area contributed by atoms with E-state index >= 15 is 0 Å². The summed E-state index contributed by atoms with van der Waals surface area (Å²) in [6.07, 6.45) is 0.784. The zero-order valence-corrected chi connectivity index (χ0v) is 12.4. The van der Waals surface area contributed by atoms with Gasteiger partial charge in [-0.3, -0.25) is 9.59 Å². The third-order valence-corrected chi connectivity index (χ3v) is 3.30. The number of hydrogen-bond donors (Lipinski definition) is 1. The molecule has 2 aromatic rings. The summed E-state index contributed by atoms with van der Waals surface area (Å²) in [4.78, 5) is 23.6. The maximum Gasteiger partial charge on any atom is 0.287 e. The predicted molar refractivity (Wildman–Crippen MR) is 80.2 cm³/mol. The van der Waals surface area contributed by atoms with Gasteiger partial charge in [0.2, 0.25) is 11.2 Å². The van der Waals surface area contributed by atoms with Gasteiger partial charge in [0, 0.05) is 6.07 Å². The Balaban J connectivity index is 1.60. The molecule has 0 saturated carbocycles. The summed E-state index contributed by atoms with van der Waals surface area (Å²) >= 11 is 0. The molecule has 1 amide bonds. The first-order chi connectivity index (χ1) is 11.2. The third kappa shape index (κ3) is 3.28. The first-order valence-corrected chi connectivity index (χ1v) is 7.01. The summed E-state index contributed by atoms with van der Waals surface area (Å²) in [5.41, 5.74) is -0.421. The second kappa shape index (κ2) is 6.43. The topological polar surface area (TPSA) is 87.0 Å². The van der Waals surface area contributed by atoms with Crippen molar-refractivity contribution in [2.75, 3.05) is 20.3 Å². The fraction of sp³-hybridized carbons (Fsp3) is 0.250. The summed E-state index contributed by atoms with van der Waals surface area (Å²) in [5, 5.41) is 2.65. The van der Waals surface area contributed by atoms with Crippen molar-refractivity contribution >= 4 is 5.91 Å². The van der Waals surface area contributed by atoms with Gasteiger partial charge in [0.05, 0.1) is 13.7 Å². The van der Waals surface area contributed by atoms with E-state index in [-0.39, 0.29) is 24.2 Å². The molecule has 7 heteroatoms. The smallest absolute Gasteiger partial charge is 0.287 e. The Morgan fingerprint density at radius 3 is 2.87 bits per heavy atom. The van der Waals surface area contributed by atoms with Crippen molar-refractivity contribution in [2.24, 2.45) is 0 Å². The fourth-order valence-corrected chi connectivity index (χ4v) is 2.12. The van der Waals surface area contributed by atoms with E-state index in [1.54, 1.807) is 6.07 Å². The normalized spacial score (nSPS) is 15.8. The SMILES string of the molecule is COc1coc(C(=O)NCC2COc3ccccc3O2)cc1=O. The Morgan fingerprint density at radius 2 is 2.13 bits per heavy atom. The summed E-state index contributed by atoms with van der Waals surface area (Å²) < 4.78 is 21.2. The highest BCUT2D eigenvalue weighted by Crippen LogP contribution is 2.30. The van der Waals surface area contributed by atoms with Gasteiger partial charge < -0.3 is 23.9 Å². The lowest BCUT2D eigenvalue weighted by Gasteiger charge is -2.26. The lowest BCUT2D eigenvalue weighted by molar-refractivity contribution is 0.0771. The van der Waals surface area contributed by atoms with E-state index in [1.807, 2.05) is 18.2 Å². The average Bonchev–Trinajstić information content (AvgIpc) is 2.59. The number of para-hydroxylation sites is 2. The van der Waals surface area contributed by atoms with E-state index in [0.29, 0.717) is 18.1 Å². The highest BCUT2D eigenvalue weighted by Gasteiger charge is 2.22. The minimum atomic E-state index is -0.507. The molecule has 0 radical (unpaired) electrons. The number of benzene rings is 1. The Bertz CT molecular complexity index is 769. The zero-order valence-electron chi connectivity index (χ0n) is 12.4. The number of carbonyl (C=O) groups excluding carboxylic acids is 1. The molecule has 7 nitrogen and oxygen atoms in total. The van der Waals surface area contributed by atoms with Gasteiger partial charge in [0.1, 0.15) is 19.0 Å². The molecule has 0 spiro atoms. The molecule has 1 atom stereocenters. The van der Waals surface area contributed by atoms with E-state index < -0.39 is 11.3 Å². The van der Waals surface area contributed by atoms with Crippen molar-refractivity contribution in [3.8, 4) is 17.2 Å². The van der Waals surface area contributed by atoms with Gasteiger partial charge in [-0.1, -0.05) is 12.1 Å². The zero-order chi connectivity index (χ0) is 16.2. The molecular weight excluding hydrogens is 302 g/mol. The van der Waals surface area contributed by atoms with Gasteiger partial charge in [-0.25, -0.2) is 0 Å². The second-order valence-electron chi connectivity index (χ2n) is 4.88. The minimum absolute atomic E-state index is 0.0437. The highest BCUT2D eigenvalue weighted by molar-refractivity contribution is 5.91. The van der Waals surface area contributed by atoms with Crippen LogP contribution < -0.4 is 25.0 Å². The van der Waals surface area contributed by atoms with Crippen LogP contribution in [0.2, 0.25) is 0 Å². The van der Waals surface area contributed by atoms with E-state index in [2.05, 4.69) is 5.32 Å². The fourth-order valence-electron chi connectivity index (χ4n) is 2.12. The van der Waals surface area contributed by atoms with E-state index in [1.165, 1.54) is 7.11 Å². The molecule has 0 aliphatic carbocycles. The number of nitrogens with one attached hydrogen (secondary N) is 1. The number of hydrogen-bond acceptors (Lipinski definition) is 6. The number of amides is 1. The van der Waals surface area contributed by atoms with Crippen molar-refractivity contribution < 1.29 is 23.4 Å². The van der Waals surface area contributed by atoms with Crippen molar-refractivity contribution in [3.63, 3.8) is 0 Å². The standard InChI is InChI=1S/C16H15NO6/c1-20-15-9-22-14(6-11(15)18)16(19)17-7-10-8-21-12-4-2-3-5-13(12)23-10/h2-6,9-10H,7-8H2,1H3,(H,17,19). The molecule has 1 aromatic carbocycles. The molecular formula is C16H15NO6. The van der Waals surface area contributed by atoms with Gasteiger partial charge in [-0.2, -0.15) is 0 Å². The summed E-state index contributed by atoms with van der Waals surface area (Å²) in [6, 6.07) is 8.40. The summed E-state index contributed by atoms with van der Waals surface area (Å²) in [6.45, 7) is 0.548. The van der Waals surface area contributed by atoms with Crippen LogP contribution in [0.25, 0.3) is 0 Å². The molecule has 0 bridgehead atoms. The van der Waals surface area contributed by atoms with Crippen molar-refractivity contribution in [2.45, 2.75) is 6.10 Å². The number of carbonyl (C=O) groups is 1. The maximum absolute atomic E-state index is 12.0. The molecule has 2 heterocycles. The van der Waals surface area contributed by atoms with Crippen molar-refractivity contribution in [1.29, 1.82) is 0 Å². The van der Waals surface area contributed by atoms with Crippen LogP contribution in [0.4, 0.5) is 0 Å². The molecule has 1 aliphatic rings. The monoisotopic (exact) mass is 317 g/mol. The van der Waals surface area contributed by atoms with Crippen LogP contribution in [0.15, 0.2) is 45.8 Å². The predicted octanol–water partition coefficient (Wildman–Crippen LogP) is 1.22. The van der Waals surface area contributed by atoms with Gasteiger partial charge >= 0.3 is 0 Å². The number of rotatable bonds is 4. The Hall–Kier alpha value is -2.96. The number of ether oxygens (including phenoxy) is 3. The second-order valence-corrected chi connectivity index (χ2v) is 4.88. The number of fused-ring (bicyclic) bond motifs is 1. The highest BCUT2D eigenvalue weighted by atomic mass is 16.6. The Labute approximate surface area is 131 Å². The quantitative estimate of drug-likeness (QED) is 0.912. The Morgan fingerprint density at radius 1 is 1.35 bits per heavy atom. The minimum Gasteiger partial charge on any atom is -0.490 e. The lowest BCUT2D eigenvalue weighted by Crippen LogP contribution is -2.40. The summed E-state index contributed by atoms with van der Waals surface area (Å²) in [7, 11) is 1.35. The molecule has 3 rings (SSSR count). The number of methoxy groups -OCH3 is 1. The van der Waals surface area contributed by atoms with Crippen LogP contribution in [0, 0.1) is 0 Å². The average molecular weight is 317 g/mol. The lowest BCUT2D eigenvalue weighted by atomic mass is 10.2. The van der Waals surface area contributed by atoms with Crippen molar-refractivity contribution in [1.82, 2.24) is 5.32 Å². The first-order valence-electron chi connectivity index (χ1n) is 7.01. The maximum atomic E-state index is 12.0. The molecule has 0 saturated heterocycles. The molecule has 23 heavy (non-hydrogen) atoms. The largest absolute Gasteiger partial charge is 0.490 e.